The van der Waals surface area contributed by atoms with Crippen LogP contribution < -0.4 is 10.5 Å². The highest BCUT2D eigenvalue weighted by Crippen LogP contribution is 2.35. The molecule has 1 aromatic heterocycles. The number of carbonyl (C=O) groups excluding carboxylic acids is 2. The van der Waals surface area contributed by atoms with Gasteiger partial charge in [-0.1, -0.05) is 30.3 Å². The Morgan fingerprint density at radius 3 is 2.36 bits per heavy atom. The summed E-state index contributed by atoms with van der Waals surface area (Å²) in [6.07, 6.45) is 0. The number of ether oxygens (including phenoxy) is 1. The molecule has 3 aromatic carbocycles. The molecule has 0 bridgehead atoms. The molecule has 28 heavy (non-hydrogen) atoms. The van der Waals surface area contributed by atoms with Gasteiger partial charge < -0.3 is 15.0 Å². The Labute approximate surface area is 162 Å². The Kier molecular flexibility index (Phi) is 4.35. The molecule has 1 amide bonds. The number of primary amides is 1. The highest BCUT2D eigenvalue weighted by molar-refractivity contribution is 6.09. The predicted molar refractivity (Wildman–Crippen MR) is 110 cm³/mol. The van der Waals surface area contributed by atoms with Crippen molar-refractivity contribution in [3.05, 3.63) is 77.4 Å². The molecule has 5 heteroatoms. The van der Waals surface area contributed by atoms with Crippen molar-refractivity contribution in [1.29, 1.82) is 0 Å². The van der Waals surface area contributed by atoms with Gasteiger partial charge in [0.05, 0.1) is 5.52 Å². The van der Waals surface area contributed by atoms with Gasteiger partial charge in [0.15, 0.2) is 0 Å². The number of hydrogen-bond acceptors (Lipinski definition) is 3. The third kappa shape index (κ3) is 3.01. The summed E-state index contributed by atoms with van der Waals surface area (Å²) in [7, 11) is 0. The first kappa shape index (κ1) is 17.8. The van der Waals surface area contributed by atoms with Gasteiger partial charge in [0.2, 0.25) is 5.91 Å². The van der Waals surface area contributed by atoms with Gasteiger partial charge in [-0.05, 0) is 42.8 Å². The van der Waals surface area contributed by atoms with Crippen LogP contribution in [0.3, 0.4) is 0 Å². The summed E-state index contributed by atoms with van der Waals surface area (Å²) in [6, 6.07) is 19.3. The lowest BCUT2D eigenvalue weighted by Gasteiger charge is -2.12. The summed E-state index contributed by atoms with van der Waals surface area (Å²) < 4.78 is 7.61. The smallest absolute Gasteiger partial charge is 0.308 e. The molecular formula is C23H20N2O3. The van der Waals surface area contributed by atoms with Crippen LogP contribution in [0.1, 0.15) is 28.4 Å². The number of esters is 1. The maximum Gasteiger partial charge on any atom is 0.308 e. The molecule has 0 radical (unpaired) electrons. The standard InChI is InChI=1S/C23H20N2O3/c1-14-21(28-15(2)26)12-11-19-18-5-3-4-6-20(18)25(22(14)19)13-16-7-9-17(10-8-16)23(24)27/h3-12H,13H2,1-2H3,(H2,24,27). The van der Waals surface area contributed by atoms with Crippen molar-refractivity contribution in [2.45, 2.75) is 20.4 Å². The lowest BCUT2D eigenvalue weighted by Crippen LogP contribution is -2.10. The maximum absolute atomic E-state index is 11.5. The zero-order valence-corrected chi connectivity index (χ0v) is 15.7. The molecule has 1 heterocycles. The molecule has 0 saturated heterocycles. The molecule has 0 aliphatic heterocycles. The van der Waals surface area contributed by atoms with Gasteiger partial charge in [-0.2, -0.15) is 0 Å². The molecule has 4 rings (SSSR count). The van der Waals surface area contributed by atoms with Crippen molar-refractivity contribution in [3.8, 4) is 5.75 Å². The Hall–Kier alpha value is -3.60. The zero-order chi connectivity index (χ0) is 19.8. The van der Waals surface area contributed by atoms with E-state index in [2.05, 4.69) is 16.7 Å². The van der Waals surface area contributed by atoms with Crippen LogP contribution in [0.5, 0.6) is 5.75 Å². The van der Waals surface area contributed by atoms with E-state index in [-0.39, 0.29) is 5.97 Å². The van der Waals surface area contributed by atoms with Crippen LogP contribution in [0.25, 0.3) is 21.8 Å². The summed E-state index contributed by atoms with van der Waals surface area (Å²) in [5.74, 6) is -0.217. The number of nitrogens with zero attached hydrogens (tertiary/aromatic N) is 1. The lowest BCUT2D eigenvalue weighted by atomic mass is 10.1. The van der Waals surface area contributed by atoms with Crippen LogP contribution in [0, 0.1) is 6.92 Å². The zero-order valence-electron chi connectivity index (χ0n) is 15.7. The van der Waals surface area contributed by atoms with E-state index in [1.165, 1.54) is 6.92 Å². The second-order valence-electron chi connectivity index (χ2n) is 6.84. The SMILES string of the molecule is CC(=O)Oc1ccc2c3ccccc3n(Cc3ccc(C(N)=O)cc3)c2c1C. The van der Waals surface area contributed by atoms with Crippen LogP contribution in [0.15, 0.2) is 60.7 Å². The minimum Gasteiger partial charge on any atom is -0.426 e. The van der Waals surface area contributed by atoms with E-state index in [1.54, 1.807) is 12.1 Å². The van der Waals surface area contributed by atoms with E-state index in [0.29, 0.717) is 17.9 Å². The fourth-order valence-corrected chi connectivity index (χ4v) is 3.69. The largest absolute Gasteiger partial charge is 0.426 e. The number of amides is 1. The third-order valence-electron chi connectivity index (χ3n) is 4.97. The Bertz CT molecular complexity index is 1220. The number of aromatic nitrogens is 1. The molecule has 0 aliphatic rings. The number of rotatable bonds is 4. The third-order valence-corrected chi connectivity index (χ3v) is 4.97. The van der Waals surface area contributed by atoms with Crippen molar-refractivity contribution >= 4 is 33.7 Å². The summed E-state index contributed by atoms with van der Waals surface area (Å²) >= 11 is 0. The van der Waals surface area contributed by atoms with E-state index >= 15 is 0 Å². The van der Waals surface area contributed by atoms with Gasteiger partial charge in [-0.15, -0.1) is 0 Å². The highest BCUT2D eigenvalue weighted by atomic mass is 16.5. The molecular weight excluding hydrogens is 352 g/mol. The first-order valence-electron chi connectivity index (χ1n) is 9.03. The van der Waals surface area contributed by atoms with E-state index in [1.807, 2.05) is 43.3 Å². The monoisotopic (exact) mass is 372 g/mol. The molecule has 0 aliphatic carbocycles. The van der Waals surface area contributed by atoms with Crippen molar-refractivity contribution in [1.82, 2.24) is 4.57 Å². The van der Waals surface area contributed by atoms with Crippen LogP contribution in [0.4, 0.5) is 0 Å². The average Bonchev–Trinajstić information content (AvgIpc) is 2.99. The maximum atomic E-state index is 11.5. The number of hydrogen-bond donors (Lipinski definition) is 1. The Morgan fingerprint density at radius 2 is 1.68 bits per heavy atom. The van der Waals surface area contributed by atoms with E-state index < -0.39 is 5.91 Å². The van der Waals surface area contributed by atoms with E-state index in [0.717, 1.165) is 32.9 Å². The first-order valence-corrected chi connectivity index (χ1v) is 9.03. The Balaban J connectivity index is 1.91. The topological polar surface area (TPSA) is 74.3 Å². The van der Waals surface area contributed by atoms with Gasteiger partial charge in [0.25, 0.3) is 0 Å². The molecule has 2 N–H and O–H groups in total. The molecule has 4 aromatic rings. The molecule has 0 fully saturated rings. The average molecular weight is 372 g/mol. The number of nitrogens with two attached hydrogens (primary N) is 1. The summed E-state index contributed by atoms with van der Waals surface area (Å²) in [5, 5.41) is 2.25. The molecule has 5 nitrogen and oxygen atoms in total. The van der Waals surface area contributed by atoms with Crippen LogP contribution in [-0.4, -0.2) is 16.4 Å². The van der Waals surface area contributed by atoms with Crippen LogP contribution >= 0.6 is 0 Å². The molecule has 140 valence electrons. The van der Waals surface area contributed by atoms with Gasteiger partial charge in [0.1, 0.15) is 5.75 Å². The molecule has 0 atom stereocenters. The highest BCUT2D eigenvalue weighted by Gasteiger charge is 2.16. The number of aryl methyl sites for hydroxylation is 1. The fourth-order valence-electron chi connectivity index (χ4n) is 3.69. The predicted octanol–water partition coefficient (Wildman–Crippen LogP) is 4.18. The number of carbonyl (C=O) groups is 2. The number of fused-ring (bicyclic) bond motifs is 3. The number of para-hydroxylation sites is 1. The lowest BCUT2D eigenvalue weighted by molar-refractivity contribution is -0.131. The summed E-state index contributed by atoms with van der Waals surface area (Å²) in [4.78, 5) is 22.8. The Morgan fingerprint density at radius 1 is 0.964 bits per heavy atom. The van der Waals surface area contributed by atoms with Crippen molar-refractivity contribution in [2.75, 3.05) is 0 Å². The minimum absolute atomic E-state index is 0.341. The first-order chi connectivity index (χ1) is 13.5. The molecule has 0 spiro atoms. The second kappa shape index (κ2) is 6.85. The quantitative estimate of drug-likeness (QED) is 0.431. The van der Waals surface area contributed by atoms with Gasteiger partial charge in [-0.25, -0.2) is 0 Å². The summed E-state index contributed by atoms with van der Waals surface area (Å²) in [6.45, 7) is 3.99. The number of benzene rings is 3. The van der Waals surface area contributed by atoms with E-state index in [4.69, 9.17) is 10.5 Å². The van der Waals surface area contributed by atoms with Crippen molar-refractivity contribution in [2.24, 2.45) is 5.73 Å². The minimum atomic E-state index is -0.440. The van der Waals surface area contributed by atoms with E-state index in [9.17, 15) is 9.59 Å². The van der Waals surface area contributed by atoms with Gasteiger partial charge >= 0.3 is 5.97 Å². The van der Waals surface area contributed by atoms with Gasteiger partial charge in [-0.3, -0.25) is 9.59 Å². The summed E-state index contributed by atoms with van der Waals surface area (Å²) in [5.41, 5.74) is 9.91. The fraction of sp³-hybridized carbons (Fsp3) is 0.130. The van der Waals surface area contributed by atoms with Crippen molar-refractivity contribution in [3.63, 3.8) is 0 Å². The van der Waals surface area contributed by atoms with Crippen LogP contribution in [0.2, 0.25) is 0 Å². The van der Waals surface area contributed by atoms with Gasteiger partial charge in [0, 0.05) is 40.9 Å². The molecule has 0 saturated carbocycles. The van der Waals surface area contributed by atoms with Crippen molar-refractivity contribution < 1.29 is 14.3 Å². The molecule has 0 unspecified atom stereocenters. The second-order valence-corrected chi connectivity index (χ2v) is 6.84. The normalized spacial score (nSPS) is 11.1. The van der Waals surface area contributed by atoms with Crippen LogP contribution in [-0.2, 0) is 11.3 Å².